The van der Waals surface area contributed by atoms with Crippen LogP contribution in [-0.4, -0.2) is 19.9 Å². The SMILES string of the molecule is Cc1cc(C(F)(F)F)ccc1-c1c2nc(I)oc2c(-c2ccc(C(F)(F)F)cc2C(F)(F)F)c2nc(I)oc12.Cc1cc(C(F)(F)F)ccc1-c1c2ncoc2c(-c2ccc(C(F)(F)F)cc2C(F)(F)F)c2ncoc12. The third-order valence-electron chi connectivity index (χ3n) is 11.7. The minimum atomic E-state index is -5.21. The number of alkyl halides is 18. The molecule has 10 aromatic rings. The Labute approximate surface area is 437 Å². The minimum absolute atomic E-state index is 0.00664. The Morgan fingerprint density at radius 3 is 0.961 bits per heavy atom. The van der Waals surface area contributed by atoms with Crippen LogP contribution < -0.4 is 0 Å². The summed E-state index contributed by atoms with van der Waals surface area (Å²) in [6.07, 6.45) is -27.9. The Balaban J connectivity index is 0.000000186. The molecule has 0 radical (unpaired) electrons. The van der Waals surface area contributed by atoms with Crippen LogP contribution in [0.2, 0.25) is 0 Å². The van der Waals surface area contributed by atoms with Crippen molar-refractivity contribution in [2.45, 2.75) is 50.9 Å². The summed E-state index contributed by atoms with van der Waals surface area (Å²) >= 11 is 3.30. The number of aromatic nitrogens is 4. The van der Waals surface area contributed by atoms with Crippen molar-refractivity contribution in [2.75, 3.05) is 0 Å². The second kappa shape index (κ2) is 18.6. The first-order valence-electron chi connectivity index (χ1n) is 20.8. The average molecular weight is 1310 g/mol. The topological polar surface area (TPSA) is 104 Å². The lowest BCUT2D eigenvalue weighted by molar-refractivity contribution is -0.144. The lowest BCUT2D eigenvalue weighted by Gasteiger charge is -2.17. The molecule has 396 valence electrons. The fourth-order valence-corrected chi connectivity index (χ4v) is 9.41. The molecule has 0 atom stereocenters. The van der Waals surface area contributed by atoms with E-state index in [1.807, 2.05) is 0 Å². The van der Waals surface area contributed by atoms with Gasteiger partial charge in [-0.15, -0.1) is 0 Å². The number of hydrogen-bond acceptors (Lipinski definition) is 8. The Kier molecular flexibility index (Phi) is 13.2. The number of fused-ring (bicyclic) bond motifs is 4. The van der Waals surface area contributed by atoms with E-state index >= 15 is 0 Å². The predicted octanol–water partition coefficient (Wildman–Crippen LogP) is 18.5. The molecule has 0 N–H and O–H groups in total. The molecule has 0 amide bonds. The maximum atomic E-state index is 14.1. The third kappa shape index (κ3) is 9.88. The number of nitrogens with zero attached hydrogens (tertiary/aromatic N) is 4. The molecule has 76 heavy (non-hydrogen) atoms. The highest BCUT2D eigenvalue weighted by Crippen LogP contribution is 2.51. The Morgan fingerprint density at radius 1 is 0.355 bits per heavy atom. The van der Waals surface area contributed by atoms with Gasteiger partial charge in [0.05, 0.1) is 55.6 Å². The molecule has 0 saturated carbocycles. The van der Waals surface area contributed by atoms with E-state index in [2.05, 4.69) is 19.9 Å². The molecule has 8 nitrogen and oxygen atoms in total. The van der Waals surface area contributed by atoms with Crippen molar-refractivity contribution in [1.29, 1.82) is 0 Å². The normalized spacial score (nSPS) is 13.1. The largest absolute Gasteiger partial charge is 0.443 e. The third-order valence-corrected chi connectivity index (χ3v) is 12.6. The highest BCUT2D eigenvalue weighted by atomic mass is 127. The van der Waals surface area contributed by atoms with Gasteiger partial charge in [-0.05, 0) is 84.6 Å². The molecule has 0 unspecified atom stereocenters. The van der Waals surface area contributed by atoms with Crippen molar-refractivity contribution in [1.82, 2.24) is 19.9 Å². The van der Waals surface area contributed by atoms with Gasteiger partial charge < -0.3 is 17.7 Å². The number of hydrogen-bond donors (Lipinski definition) is 0. The van der Waals surface area contributed by atoms with Gasteiger partial charge in [0.1, 0.15) is 22.1 Å². The molecule has 10 rings (SSSR count). The first-order chi connectivity index (χ1) is 35.1. The van der Waals surface area contributed by atoms with Crippen LogP contribution in [-0.2, 0) is 37.1 Å². The first kappa shape index (κ1) is 54.2. The zero-order valence-corrected chi connectivity index (χ0v) is 41.4. The van der Waals surface area contributed by atoms with E-state index in [-0.39, 0.29) is 109 Å². The van der Waals surface area contributed by atoms with Gasteiger partial charge in [0.2, 0.25) is 0 Å². The number of aryl methyl sites for hydroxylation is 2. The zero-order valence-electron chi connectivity index (χ0n) is 37.1. The number of oxazole rings is 4. The summed E-state index contributed by atoms with van der Waals surface area (Å²) in [5.74, 6) is 0. The molecule has 28 heteroatoms. The van der Waals surface area contributed by atoms with Gasteiger partial charge in [0.15, 0.2) is 35.1 Å². The van der Waals surface area contributed by atoms with Gasteiger partial charge >= 0.3 is 37.1 Å². The van der Waals surface area contributed by atoms with Gasteiger partial charge in [0.25, 0.3) is 7.79 Å². The molecule has 0 aliphatic carbocycles. The summed E-state index contributed by atoms with van der Waals surface area (Å²) in [6.45, 7) is 2.80. The van der Waals surface area contributed by atoms with Gasteiger partial charge in [-0.1, -0.05) is 24.3 Å². The summed E-state index contributed by atoms with van der Waals surface area (Å²) < 4.78 is 265. The molecule has 0 fully saturated rings. The zero-order chi connectivity index (χ0) is 55.6. The van der Waals surface area contributed by atoms with E-state index in [9.17, 15) is 79.0 Å². The fourth-order valence-electron chi connectivity index (χ4n) is 8.49. The van der Waals surface area contributed by atoms with E-state index in [1.165, 1.54) is 19.9 Å². The van der Waals surface area contributed by atoms with Gasteiger partial charge in [-0.3, -0.25) is 0 Å². The summed E-state index contributed by atoms with van der Waals surface area (Å²) in [6, 6.07) is 8.05. The molecule has 4 aromatic heterocycles. The molecular formula is C48H20F18I2N4O4. The molecule has 0 spiro atoms. The Bertz CT molecular complexity index is 3820. The van der Waals surface area contributed by atoms with Crippen LogP contribution in [0.3, 0.4) is 0 Å². The van der Waals surface area contributed by atoms with Gasteiger partial charge in [0, 0.05) is 56.3 Å². The van der Waals surface area contributed by atoms with E-state index in [1.54, 1.807) is 45.2 Å². The first-order valence-corrected chi connectivity index (χ1v) is 22.9. The van der Waals surface area contributed by atoms with Crippen LogP contribution in [0.25, 0.3) is 88.9 Å². The lowest BCUT2D eigenvalue weighted by atomic mass is 9.91. The van der Waals surface area contributed by atoms with Gasteiger partial charge in [-0.25, -0.2) is 19.9 Å². The summed E-state index contributed by atoms with van der Waals surface area (Å²) in [5.41, 5.74) is -10.4. The van der Waals surface area contributed by atoms with Crippen molar-refractivity contribution in [2.24, 2.45) is 0 Å². The van der Waals surface area contributed by atoms with E-state index in [0.717, 1.165) is 43.1 Å². The van der Waals surface area contributed by atoms with E-state index in [0.29, 0.717) is 24.3 Å². The van der Waals surface area contributed by atoms with Crippen molar-refractivity contribution < 1.29 is 96.7 Å². The summed E-state index contributed by atoms with van der Waals surface area (Å²) in [5, 5.41) is 0. The predicted molar refractivity (Wildman–Crippen MR) is 250 cm³/mol. The van der Waals surface area contributed by atoms with Crippen LogP contribution >= 0.6 is 45.2 Å². The summed E-state index contributed by atoms with van der Waals surface area (Å²) in [4.78, 5) is 16.4. The molecule has 0 saturated heterocycles. The van der Waals surface area contributed by atoms with Gasteiger partial charge in [-0.2, -0.15) is 79.0 Å². The van der Waals surface area contributed by atoms with Crippen LogP contribution in [0.5, 0.6) is 0 Å². The monoisotopic (exact) mass is 1310 g/mol. The second-order valence-corrected chi connectivity index (χ2v) is 18.3. The average Bonchev–Trinajstić information content (AvgIpc) is 4.15. The molecular weight excluding hydrogens is 1290 g/mol. The minimum Gasteiger partial charge on any atom is -0.443 e. The second-order valence-electron chi connectivity index (χ2n) is 16.4. The van der Waals surface area contributed by atoms with E-state index in [4.69, 9.17) is 17.7 Å². The van der Waals surface area contributed by atoms with Crippen molar-refractivity contribution in [3.63, 3.8) is 0 Å². The quantitative estimate of drug-likeness (QED) is 0.127. The highest BCUT2D eigenvalue weighted by molar-refractivity contribution is 14.1. The number of rotatable bonds is 4. The number of halogens is 20. The molecule has 0 bridgehead atoms. The standard InChI is InChI=1S/C24H9F9I2N2O2.C24H11F9N2O2/c1-8-6-9(22(25,26)27)2-4-11(8)14-16-19(39-20(34)36-16)15(17-18(14)38-21(35)37-17)12-5-3-10(23(28,29)30)7-13(12)24(31,32)33;1-10-6-11(22(25,26)27)2-4-13(10)16-18-21(37-8-34-18)17(19-20(16)36-9-35-19)14-5-3-12(23(28,29)30)7-15(14)24(31,32)33/h2-7H,1H3;2-9H,1H3. The van der Waals surface area contributed by atoms with Crippen molar-refractivity contribution in [3.8, 4) is 44.5 Å². The smallest absolute Gasteiger partial charge is 0.417 e. The van der Waals surface area contributed by atoms with Crippen LogP contribution in [0, 0.1) is 21.6 Å². The van der Waals surface area contributed by atoms with Crippen LogP contribution in [0.4, 0.5) is 79.0 Å². The van der Waals surface area contributed by atoms with E-state index < -0.39 is 81.6 Å². The maximum absolute atomic E-state index is 14.1. The Morgan fingerprint density at radius 2 is 0.645 bits per heavy atom. The lowest BCUT2D eigenvalue weighted by Crippen LogP contribution is -2.12. The molecule has 6 aromatic carbocycles. The molecule has 4 heterocycles. The van der Waals surface area contributed by atoms with Crippen LogP contribution in [0.15, 0.2) is 103 Å². The van der Waals surface area contributed by atoms with Crippen molar-refractivity contribution >= 4 is 89.6 Å². The highest BCUT2D eigenvalue weighted by Gasteiger charge is 2.42. The summed E-state index contributed by atoms with van der Waals surface area (Å²) in [7, 11) is 0. The van der Waals surface area contributed by atoms with Crippen molar-refractivity contribution in [3.05, 3.63) is 138 Å². The maximum Gasteiger partial charge on any atom is 0.417 e. The fraction of sp³-hybridized carbons (Fsp3) is 0.167. The van der Waals surface area contributed by atoms with Crippen LogP contribution in [0.1, 0.15) is 44.5 Å². The molecule has 0 aliphatic rings. The number of benzene rings is 6. The Hall–Kier alpha value is -6.60. The molecule has 0 aliphatic heterocycles.